The highest BCUT2D eigenvalue weighted by Gasteiger charge is 2.26. The summed E-state index contributed by atoms with van der Waals surface area (Å²) in [6, 6.07) is 4.11. The second kappa shape index (κ2) is 8.86. The fraction of sp³-hybridized carbons (Fsp3) is 0.737. The molecule has 2 rings (SSSR count). The lowest BCUT2D eigenvalue weighted by molar-refractivity contribution is 0.128. The largest absolute Gasteiger partial charge is 0.492 e. The van der Waals surface area contributed by atoms with Crippen molar-refractivity contribution in [3.8, 4) is 5.75 Å². The van der Waals surface area contributed by atoms with Crippen LogP contribution in [0.1, 0.15) is 41.0 Å². The Morgan fingerprint density at radius 3 is 2.32 bits per heavy atom. The smallest absolute Gasteiger partial charge is 0.137 e. The van der Waals surface area contributed by atoms with Crippen LogP contribution in [0.25, 0.3) is 0 Å². The third-order valence-corrected chi connectivity index (χ3v) is 4.79. The van der Waals surface area contributed by atoms with E-state index in [0.717, 1.165) is 50.7 Å². The Kier molecular flexibility index (Phi) is 7.34. The molecular formula is C19H33IN4O. The molecule has 0 spiro atoms. The first-order valence-electron chi connectivity index (χ1n) is 9.18. The molecule has 1 aromatic heterocycles. The lowest BCUT2D eigenvalue weighted by atomic mass is 10.1. The molecular weight excluding hydrogens is 427 g/mol. The van der Waals surface area contributed by atoms with E-state index in [1.165, 1.54) is 0 Å². The van der Waals surface area contributed by atoms with Gasteiger partial charge < -0.3 is 15.0 Å². The summed E-state index contributed by atoms with van der Waals surface area (Å²) in [4.78, 5) is 9.49. The van der Waals surface area contributed by atoms with Crippen molar-refractivity contribution in [2.24, 2.45) is 0 Å². The number of pyridine rings is 1. The van der Waals surface area contributed by atoms with Gasteiger partial charge in [0, 0.05) is 31.7 Å². The zero-order valence-electron chi connectivity index (χ0n) is 16.3. The van der Waals surface area contributed by atoms with Crippen molar-refractivity contribution in [2.45, 2.75) is 50.1 Å². The van der Waals surface area contributed by atoms with Gasteiger partial charge in [0.05, 0.1) is 16.3 Å². The van der Waals surface area contributed by atoms with Crippen molar-refractivity contribution in [3.05, 3.63) is 18.3 Å². The van der Waals surface area contributed by atoms with Gasteiger partial charge in [0.2, 0.25) is 0 Å². The first-order valence-corrected chi connectivity index (χ1v) is 10.3. The van der Waals surface area contributed by atoms with E-state index in [0.29, 0.717) is 6.61 Å². The van der Waals surface area contributed by atoms with E-state index in [9.17, 15) is 0 Å². The molecule has 1 aliphatic heterocycles. The number of hydrogen-bond acceptors (Lipinski definition) is 5. The minimum Gasteiger partial charge on any atom is -0.492 e. The van der Waals surface area contributed by atoms with E-state index < -0.39 is 0 Å². The molecule has 1 aliphatic rings. The summed E-state index contributed by atoms with van der Waals surface area (Å²) < 4.78 is 5.93. The molecule has 25 heavy (non-hydrogen) atoms. The number of nitrogens with one attached hydrogen (secondary N) is 1. The predicted molar refractivity (Wildman–Crippen MR) is 114 cm³/mol. The normalized spacial score (nSPS) is 17.0. The highest BCUT2D eigenvalue weighted by atomic mass is 127. The molecule has 0 bridgehead atoms. The molecule has 1 saturated heterocycles. The van der Waals surface area contributed by atoms with Crippen LogP contribution in [-0.4, -0.2) is 58.3 Å². The third-order valence-electron chi connectivity index (χ3n) is 4.41. The monoisotopic (exact) mass is 460 g/mol. The van der Waals surface area contributed by atoms with Gasteiger partial charge in [-0.2, -0.15) is 0 Å². The van der Waals surface area contributed by atoms with Crippen LogP contribution >= 0.6 is 22.6 Å². The van der Waals surface area contributed by atoms with Crippen molar-refractivity contribution >= 4 is 28.4 Å². The van der Waals surface area contributed by atoms with Gasteiger partial charge in [-0.3, -0.25) is 4.90 Å². The molecule has 0 atom stereocenters. The van der Waals surface area contributed by atoms with Crippen LogP contribution in [0.15, 0.2) is 18.3 Å². The number of halogens is 1. The van der Waals surface area contributed by atoms with E-state index in [1.54, 1.807) is 0 Å². The standard InChI is InChI=1S/C19H33IN4O/c1-18(2,3)24-12-10-23(11-13-24)17-8-7-16(15-21-17)25-14-6-9-22-19(4,5)20/h7-8,15,22H,6,9-14H2,1-5H3. The van der Waals surface area contributed by atoms with Gasteiger partial charge in [-0.15, -0.1) is 0 Å². The number of alkyl halides is 1. The number of aromatic nitrogens is 1. The number of rotatable bonds is 7. The van der Waals surface area contributed by atoms with Gasteiger partial charge in [0.1, 0.15) is 11.6 Å². The van der Waals surface area contributed by atoms with Gasteiger partial charge in [-0.25, -0.2) is 4.98 Å². The molecule has 1 aromatic rings. The molecule has 0 amide bonds. The second-order valence-corrected chi connectivity index (χ2v) is 10.8. The van der Waals surface area contributed by atoms with Crippen molar-refractivity contribution in [1.82, 2.24) is 15.2 Å². The van der Waals surface area contributed by atoms with E-state index in [-0.39, 0.29) is 9.08 Å². The van der Waals surface area contributed by atoms with Crippen molar-refractivity contribution < 1.29 is 4.74 Å². The molecule has 1 N–H and O–H groups in total. The Balaban J connectivity index is 1.73. The van der Waals surface area contributed by atoms with Gasteiger partial charge in [-0.1, -0.05) is 22.6 Å². The number of nitrogens with zero attached hydrogens (tertiary/aromatic N) is 3. The average Bonchev–Trinajstić information content (AvgIpc) is 2.53. The SMILES string of the molecule is CC(C)(I)NCCCOc1ccc(N2CCN(C(C)(C)C)CC2)nc1. The van der Waals surface area contributed by atoms with Gasteiger partial charge in [0.15, 0.2) is 0 Å². The summed E-state index contributed by atoms with van der Waals surface area (Å²) in [5, 5.41) is 3.45. The molecule has 1 fully saturated rings. The van der Waals surface area contributed by atoms with Crippen LogP contribution in [0.5, 0.6) is 5.75 Å². The van der Waals surface area contributed by atoms with Crippen LogP contribution < -0.4 is 15.0 Å². The quantitative estimate of drug-likeness (QED) is 0.292. The molecule has 142 valence electrons. The van der Waals surface area contributed by atoms with Gasteiger partial charge >= 0.3 is 0 Å². The Bertz CT molecular complexity index is 514. The van der Waals surface area contributed by atoms with Crippen LogP contribution in [-0.2, 0) is 0 Å². The molecule has 0 aliphatic carbocycles. The minimum atomic E-state index is 0.137. The first-order chi connectivity index (χ1) is 11.6. The molecule has 0 saturated carbocycles. The zero-order chi connectivity index (χ0) is 18.5. The summed E-state index contributed by atoms with van der Waals surface area (Å²) in [5.41, 5.74) is 0.249. The van der Waals surface area contributed by atoms with Crippen molar-refractivity contribution in [3.63, 3.8) is 0 Å². The third kappa shape index (κ3) is 7.27. The summed E-state index contributed by atoms with van der Waals surface area (Å²) in [6.07, 6.45) is 2.84. The molecule has 0 radical (unpaired) electrons. The molecule has 0 aromatic carbocycles. The number of ether oxygens (including phenoxy) is 1. The van der Waals surface area contributed by atoms with Crippen molar-refractivity contribution in [1.29, 1.82) is 0 Å². The second-order valence-electron chi connectivity index (χ2n) is 8.10. The summed E-state index contributed by atoms with van der Waals surface area (Å²) in [6.45, 7) is 17.1. The number of hydrogen-bond donors (Lipinski definition) is 1. The van der Waals surface area contributed by atoms with Crippen LogP contribution in [0.3, 0.4) is 0 Å². The summed E-state index contributed by atoms with van der Waals surface area (Å²) in [5.74, 6) is 1.90. The maximum atomic E-state index is 5.79. The summed E-state index contributed by atoms with van der Waals surface area (Å²) >= 11 is 2.40. The first kappa shape index (κ1) is 20.7. The zero-order valence-corrected chi connectivity index (χ0v) is 18.5. The highest BCUT2D eigenvalue weighted by Crippen LogP contribution is 2.21. The number of piperazine rings is 1. The van der Waals surface area contributed by atoms with E-state index in [1.807, 2.05) is 12.3 Å². The van der Waals surface area contributed by atoms with E-state index >= 15 is 0 Å². The Morgan fingerprint density at radius 2 is 1.80 bits per heavy atom. The molecule has 0 unspecified atom stereocenters. The lowest BCUT2D eigenvalue weighted by Gasteiger charge is -2.42. The Hall–Kier alpha value is -0.600. The highest BCUT2D eigenvalue weighted by molar-refractivity contribution is 14.1. The topological polar surface area (TPSA) is 40.6 Å². The lowest BCUT2D eigenvalue weighted by Crippen LogP contribution is -2.53. The van der Waals surface area contributed by atoms with Crippen LogP contribution in [0.2, 0.25) is 0 Å². The van der Waals surface area contributed by atoms with Crippen LogP contribution in [0.4, 0.5) is 5.82 Å². The maximum absolute atomic E-state index is 5.79. The Morgan fingerprint density at radius 1 is 1.12 bits per heavy atom. The van der Waals surface area contributed by atoms with Crippen molar-refractivity contribution in [2.75, 3.05) is 44.2 Å². The van der Waals surface area contributed by atoms with Crippen LogP contribution in [0, 0.1) is 0 Å². The van der Waals surface area contributed by atoms with Gasteiger partial charge in [-0.05, 0) is 59.7 Å². The fourth-order valence-corrected chi connectivity index (χ4v) is 3.17. The average molecular weight is 460 g/mol. The number of anilines is 1. The maximum Gasteiger partial charge on any atom is 0.137 e. The molecule has 6 heteroatoms. The van der Waals surface area contributed by atoms with Gasteiger partial charge in [0.25, 0.3) is 0 Å². The molecule has 2 heterocycles. The Labute approximate surface area is 166 Å². The predicted octanol–water partition coefficient (Wildman–Crippen LogP) is 3.53. The summed E-state index contributed by atoms with van der Waals surface area (Å²) in [7, 11) is 0. The van der Waals surface area contributed by atoms with E-state index in [4.69, 9.17) is 4.74 Å². The fourth-order valence-electron chi connectivity index (χ4n) is 2.90. The van der Waals surface area contributed by atoms with E-state index in [2.05, 4.69) is 83.4 Å². The minimum absolute atomic E-state index is 0.137. The molecule has 5 nitrogen and oxygen atoms in total.